The zero-order valence-electron chi connectivity index (χ0n) is 20.9. The summed E-state index contributed by atoms with van der Waals surface area (Å²) in [4.78, 5) is 29.1. The van der Waals surface area contributed by atoms with Crippen molar-refractivity contribution >= 4 is 11.8 Å². The number of carbonyl (C=O) groups excluding carboxylic acids is 2. The number of hydrogen-bond donors (Lipinski definition) is 0. The molecule has 1 heterocycles. The van der Waals surface area contributed by atoms with Gasteiger partial charge in [0.15, 0.2) is 11.5 Å². The molecule has 7 heteroatoms. The molecular weight excluding hydrogens is 432 g/mol. The summed E-state index contributed by atoms with van der Waals surface area (Å²) in [7, 11) is 3.11. The fourth-order valence-corrected chi connectivity index (χ4v) is 3.93. The van der Waals surface area contributed by atoms with Crippen molar-refractivity contribution in [1.82, 2.24) is 9.80 Å². The minimum atomic E-state index is -0.0704. The maximum absolute atomic E-state index is 12.9. The Morgan fingerprint density at radius 1 is 0.853 bits per heavy atom. The Hall–Kier alpha value is -3.22. The lowest BCUT2D eigenvalue weighted by Gasteiger charge is -2.35. The molecule has 0 radical (unpaired) electrons. The van der Waals surface area contributed by atoms with Crippen LogP contribution in [0.4, 0.5) is 0 Å². The van der Waals surface area contributed by atoms with Gasteiger partial charge in [0.05, 0.1) is 20.8 Å². The van der Waals surface area contributed by atoms with E-state index in [-0.39, 0.29) is 17.2 Å². The molecule has 0 spiro atoms. The number of benzene rings is 2. The van der Waals surface area contributed by atoms with Crippen LogP contribution in [0.25, 0.3) is 0 Å². The Kier molecular flexibility index (Phi) is 8.42. The van der Waals surface area contributed by atoms with E-state index in [1.165, 1.54) is 5.56 Å². The number of hydrogen-bond acceptors (Lipinski definition) is 5. The van der Waals surface area contributed by atoms with Gasteiger partial charge in [-0.3, -0.25) is 9.59 Å². The quantitative estimate of drug-likeness (QED) is 0.545. The van der Waals surface area contributed by atoms with Gasteiger partial charge in [-0.05, 0) is 47.7 Å². The maximum Gasteiger partial charge on any atom is 0.254 e. The lowest BCUT2D eigenvalue weighted by Crippen LogP contribution is -2.50. The van der Waals surface area contributed by atoms with Crippen LogP contribution in [0.15, 0.2) is 42.5 Å². The number of methoxy groups -OCH3 is 2. The van der Waals surface area contributed by atoms with E-state index in [1.807, 2.05) is 17.0 Å². The monoisotopic (exact) mass is 468 g/mol. The molecule has 1 aliphatic heterocycles. The number of ether oxygens (including phenoxy) is 3. The second-order valence-corrected chi connectivity index (χ2v) is 9.47. The first-order valence-corrected chi connectivity index (χ1v) is 11.8. The second-order valence-electron chi connectivity index (χ2n) is 9.47. The minimum Gasteiger partial charge on any atom is -0.494 e. The van der Waals surface area contributed by atoms with E-state index in [4.69, 9.17) is 14.2 Å². The van der Waals surface area contributed by atoms with Gasteiger partial charge in [-0.25, -0.2) is 0 Å². The van der Waals surface area contributed by atoms with Gasteiger partial charge in [-0.1, -0.05) is 32.9 Å². The number of nitrogens with zero attached hydrogens (tertiary/aromatic N) is 2. The van der Waals surface area contributed by atoms with Crippen LogP contribution in [0.2, 0.25) is 0 Å². The fraction of sp³-hybridized carbons (Fsp3) is 0.481. The highest BCUT2D eigenvalue weighted by atomic mass is 16.5. The highest BCUT2D eigenvalue weighted by Crippen LogP contribution is 2.28. The molecule has 0 saturated carbocycles. The van der Waals surface area contributed by atoms with Crippen LogP contribution in [-0.4, -0.2) is 68.6 Å². The van der Waals surface area contributed by atoms with Crippen LogP contribution in [0.3, 0.4) is 0 Å². The van der Waals surface area contributed by atoms with Gasteiger partial charge < -0.3 is 24.0 Å². The molecule has 2 aromatic carbocycles. The molecule has 0 atom stereocenters. The van der Waals surface area contributed by atoms with E-state index < -0.39 is 0 Å². The second kappa shape index (κ2) is 11.3. The van der Waals surface area contributed by atoms with Crippen molar-refractivity contribution < 1.29 is 23.8 Å². The topological polar surface area (TPSA) is 68.3 Å². The highest BCUT2D eigenvalue weighted by Gasteiger charge is 2.25. The molecule has 0 bridgehead atoms. The van der Waals surface area contributed by atoms with Crippen molar-refractivity contribution in [3.05, 3.63) is 53.6 Å². The zero-order valence-corrected chi connectivity index (χ0v) is 20.9. The lowest BCUT2D eigenvalue weighted by atomic mass is 9.87. The largest absolute Gasteiger partial charge is 0.494 e. The number of piperazine rings is 1. The van der Waals surface area contributed by atoms with Crippen molar-refractivity contribution in [2.24, 2.45) is 0 Å². The van der Waals surface area contributed by atoms with E-state index in [0.29, 0.717) is 62.7 Å². The van der Waals surface area contributed by atoms with Crippen LogP contribution in [0.1, 0.15) is 49.5 Å². The van der Waals surface area contributed by atoms with Crippen LogP contribution < -0.4 is 14.2 Å². The summed E-state index contributed by atoms with van der Waals surface area (Å²) in [6.07, 6.45) is 1.09. The Bertz CT molecular complexity index is 974. The van der Waals surface area contributed by atoms with Crippen LogP contribution in [0.5, 0.6) is 17.2 Å². The molecule has 0 aromatic heterocycles. The first-order chi connectivity index (χ1) is 16.2. The van der Waals surface area contributed by atoms with Crippen molar-refractivity contribution in [1.29, 1.82) is 0 Å². The van der Waals surface area contributed by atoms with Crippen molar-refractivity contribution in [3.8, 4) is 17.2 Å². The summed E-state index contributed by atoms with van der Waals surface area (Å²) < 4.78 is 16.3. The summed E-state index contributed by atoms with van der Waals surface area (Å²) in [5.41, 5.74) is 1.92. The Morgan fingerprint density at radius 3 is 2.06 bits per heavy atom. The number of amides is 2. The first-order valence-electron chi connectivity index (χ1n) is 11.8. The van der Waals surface area contributed by atoms with Gasteiger partial charge in [0.1, 0.15) is 5.75 Å². The third kappa shape index (κ3) is 6.43. The summed E-state index contributed by atoms with van der Waals surface area (Å²) >= 11 is 0. The fourth-order valence-electron chi connectivity index (χ4n) is 3.93. The summed E-state index contributed by atoms with van der Waals surface area (Å²) in [5.74, 6) is 1.96. The lowest BCUT2D eigenvalue weighted by molar-refractivity contribution is -0.132. The first kappa shape index (κ1) is 25.4. The van der Waals surface area contributed by atoms with Crippen molar-refractivity contribution in [2.75, 3.05) is 47.0 Å². The van der Waals surface area contributed by atoms with Gasteiger partial charge in [0.25, 0.3) is 5.91 Å². The van der Waals surface area contributed by atoms with E-state index in [0.717, 1.165) is 5.75 Å². The minimum absolute atomic E-state index is 0.0704. The summed E-state index contributed by atoms with van der Waals surface area (Å²) in [6, 6.07) is 13.3. The average Bonchev–Trinajstić information content (AvgIpc) is 2.85. The van der Waals surface area contributed by atoms with Crippen LogP contribution >= 0.6 is 0 Å². The normalized spacial score (nSPS) is 14.0. The van der Waals surface area contributed by atoms with Gasteiger partial charge in [-0.15, -0.1) is 0 Å². The molecule has 34 heavy (non-hydrogen) atoms. The molecule has 1 fully saturated rings. The SMILES string of the molecule is COc1ccc(C(=O)N2CCN(C(=O)CCCOc3ccc(C(C)(C)C)cc3)CC2)cc1OC. The number of rotatable bonds is 8. The Morgan fingerprint density at radius 2 is 1.47 bits per heavy atom. The van der Waals surface area contributed by atoms with Crippen LogP contribution in [0, 0.1) is 0 Å². The highest BCUT2D eigenvalue weighted by molar-refractivity contribution is 5.95. The van der Waals surface area contributed by atoms with Gasteiger partial charge in [-0.2, -0.15) is 0 Å². The standard InChI is InChI=1S/C27H36N2O5/c1-27(2,3)21-9-11-22(12-10-21)34-18-6-7-25(30)28-14-16-29(17-15-28)26(31)20-8-13-23(32-4)24(19-20)33-5/h8-13,19H,6-7,14-18H2,1-5H3. The molecule has 2 aromatic rings. The van der Waals surface area contributed by atoms with E-state index in [9.17, 15) is 9.59 Å². The smallest absolute Gasteiger partial charge is 0.254 e. The molecule has 0 aliphatic carbocycles. The van der Waals surface area contributed by atoms with Crippen LogP contribution in [-0.2, 0) is 10.2 Å². The molecular formula is C27H36N2O5. The van der Waals surface area contributed by atoms with Crippen molar-refractivity contribution in [3.63, 3.8) is 0 Å². The zero-order chi connectivity index (χ0) is 24.7. The Labute approximate surface area is 202 Å². The van der Waals surface area contributed by atoms with Gasteiger partial charge in [0, 0.05) is 38.2 Å². The van der Waals surface area contributed by atoms with E-state index in [1.54, 1.807) is 37.3 Å². The summed E-state index contributed by atoms with van der Waals surface area (Å²) in [6.45, 7) is 9.13. The maximum atomic E-state index is 12.9. The third-order valence-electron chi connectivity index (χ3n) is 6.07. The molecule has 1 saturated heterocycles. The molecule has 0 N–H and O–H groups in total. The number of carbonyl (C=O) groups is 2. The molecule has 7 nitrogen and oxygen atoms in total. The Balaban J connectivity index is 1.41. The predicted molar refractivity (Wildman–Crippen MR) is 132 cm³/mol. The van der Waals surface area contributed by atoms with Gasteiger partial charge >= 0.3 is 0 Å². The van der Waals surface area contributed by atoms with E-state index in [2.05, 4.69) is 32.9 Å². The predicted octanol–water partition coefficient (Wildman–Crippen LogP) is 4.14. The molecule has 3 rings (SSSR count). The molecule has 2 amide bonds. The summed E-state index contributed by atoms with van der Waals surface area (Å²) in [5, 5.41) is 0. The average molecular weight is 469 g/mol. The molecule has 184 valence electrons. The molecule has 0 unspecified atom stereocenters. The van der Waals surface area contributed by atoms with Gasteiger partial charge in [0.2, 0.25) is 5.91 Å². The molecule has 1 aliphatic rings. The van der Waals surface area contributed by atoms with Crippen molar-refractivity contribution in [2.45, 2.75) is 39.0 Å². The third-order valence-corrected chi connectivity index (χ3v) is 6.07. The van der Waals surface area contributed by atoms with E-state index >= 15 is 0 Å².